The van der Waals surface area contributed by atoms with E-state index in [0.29, 0.717) is 31.8 Å². The zero-order chi connectivity index (χ0) is 12.3. The van der Waals surface area contributed by atoms with Gasteiger partial charge < -0.3 is 14.7 Å². The highest BCUT2D eigenvalue weighted by Gasteiger charge is 2.30. The fourth-order valence-electron chi connectivity index (χ4n) is 2.48. The molecule has 5 nitrogen and oxygen atoms in total. The molecule has 2 saturated heterocycles. The molecule has 2 atom stereocenters. The van der Waals surface area contributed by atoms with Crippen molar-refractivity contribution in [2.45, 2.75) is 25.7 Å². The zero-order valence-electron chi connectivity index (χ0n) is 9.93. The summed E-state index contributed by atoms with van der Waals surface area (Å²) in [5, 5.41) is 8.96. The Hall–Kier alpha value is -1.10. The lowest BCUT2D eigenvalue weighted by Gasteiger charge is -2.31. The quantitative estimate of drug-likeness (QED) is 0.788. The topological polar surface area (TPSA) is 66.8 Å². The van der Waals surface area contributed by atoms with Crippen LogP contribution in [-0.4, -0.2) is 48.2 Å². The summed E-state index contributed by atoms with van der Waals surface area (Å²) in [6.07, 6.45) is 2.85. The lowest BCUT2D eigenvalue weighted by atomic mass is 9.96. The van der Waals surface area contributed by atoms with Crippen LogP contribution in [0.2, 0.25) is 0 Å². The summed E-state index contributed by atoms with van der Waals surface area (Å²) in [6, 6.07) is 0. The second-order valence-corrected chi connectivity index (χ2v) is 4.93. The third-order valence-corrected chi connectivity index (χ3v) is 3.68. The van der Waals surface area contributed by atoms with Gasteiger partial charge in [0.15, 0.2) is 0 Å². The maximum atomic E-state index is 11.7. The van der Waals surface area contributed by atoms with Gasteiger partial charge in [-0.1, -0.05) is 0 Å². The van der Waals surface area contributed by atoms with Gasteiger partial charge in [0.25, 0.3) is 0 Å². The average molecular weight is 241 g/mol. The molecule has 17 heavy (non-hydrogen) atoms. The Morgan fingerprint density at radius 2 is 2.29 bits per heavy atom. The van der Waals surface area contributed by atoms with E-state index >= 15 is 0 Å². The molecule has 0 aromatic carbocycles. The summed E-state index contributed by atoms with van der Waals surface area (Å²) in [5.41, 5.74) is 0. The van der Waals surface area contributed by atoms with Crippen LogP contribution in [0, 0.1) is 11.8 Å². The molecule has 2 fully saturated rings. The number of carbonyl (C=O) groups excluding carboxylic acids is 1. The van der Waals surface area contributed by atoms with Gasteiger partial charge in [-0.2, -0.15) is 0 Å². The van der Waals surface area contributed by atoms with E-state index < -0.39 is 5.97 Å². The molecule has 0 bridgehead atoms. The first-order valence-electron chi connectivity index (χ1n) is 6.25. The first kappa shape index (κ1) is 12.4. The monoisotopic (exact) mass is 241 g/mol. The fourth-order valence-corrected chi connectivity index (χ4v) is 2.48. The molecular weight excluding hydrogens is 222 g/mol. The highest BCUT2D eigenvalue weighted by Crippen LogP contribution is 2.21. The number of ether oxygens (including phenoxy) is 1. The molecule has 1 amide bonds. The predicted octanol–water partition coefficient (Wildman–Crippen LogP) is 0.736. The number of amides is 1. The molecule has 0 aliphatic carbocycles. The summed E-state index contributed by atoms with van der Waals surface area (Å²) in [5.74, 6) is -0.534. The van der Waals surface area contributed by atoms with Gasteiger partial charge in [-0.3, -0.25) is 9.59 Å². The van der Waals surface area contributed by atoms with Crippen LogP contribution in [0.4, 0.5) is 0 Å². The van der Waals surface area contributed by atoms with Crippen molar-refractivity contribution in [1.29, 1.82) is 0 Å². The van der Waals surface area contributed by atoms with E-state index in [9.17, 15) is 9.59 Å². The van der Waals surface area contributed by atoms with Crippen molar-refractivity contribution in [2.75, 3.05) is 26.3 Å². The predicted molar refractivity (Wildman–Crippen MR) is 60.5 cm³/mol. The van der Waals surface area contributed by atoms with E-state index in [4.69, 9.17) is 9.84 Å². The Bertz CT molecular complexity index is 299. The number of hydrogen-bond acceptors (Lipinski definition) is 3. The summed E-state index contributed by atoms with van der Waals surface area (Å²) < 4.78 is 5.29. The summed E-state index contributed by atoms with van der Waals surface area (Å²) in [4.78, 5) is 24.3. The van der Waals surface area contributed by atoms with Gasteiger partial charge in [0.05, 0.1) is 5.92 Å². The van der Waals surface area contributed by atoms with Crippen molar-refractivity contribution in [3.63, 3.8) is 0 Å². The largest absolute Gasteiger partial charge is 0.481 e. The van der Waals surface area contributed by atoms with E-state index in [1.54, 1.807) is 4.90 Å². The van der Waals surface area contributed by atoms with Crippen LogP contribution in [0.5, 0.6) is 0 Å². The van der Waals surface area contributed by atoms with Crippen LogP contribution in [0.15, 0.2) is 0 Å². The number of piperidine rings is 1. The van der Waals surface area contributed by atoms with E-state index in [1.165, 1.54) is 0 Å². The Balaban J connectivity index is 1.80. The van der Waals surface area contributed by atoms with Crippen molar-refractivity contribution >= 4 is 11.9 Å². The van der Waals surface area contributed by atoms with E-state index in [-0.39, 0.29) is 11.8 Å². The van der Waals surface area contributed by atoms with E-state index in [2.05, 4.69) is 0 Å². The minimum atomic E-state index is -0.785. The summed E-state index contributed by atoms with van der Waals surface area (Å²) >= 11 is 0. The second-order valence-electron chi connectivity index (χ2n) is 4.93. The molecule has 0 radical (unpaired) electrons. The third kappa shape index (κ3) is 3.19. The van der Waals surface area contributed by atoms with Crippen molar-refractivity contribution in [3.8, 4) is 0 Å². The van der Waals surface area contributed by atoms with Crippen molar-refractivity contribution in [2.24, 2.45) is 11.8 Å². The van der Waals surface area contributed by atoms with Crippen LogP contribution in [-0.2, 0) is 14.3 Å². The maximum absolute atomic E-state index is 11.7. The second kappa shape index (κ2) is 5.49. The van der Waals surface area contributed by atoms with Gasteiger partial charge in [-0.05, 0) is 25.2 Å². The molecule has 2 aliphatic heterocycles. The van der Waals surface area contributed by atoms with Gasteiger partial charge in [0.1, 0.15) is 0 Å². The number of nitrogens with zero attached hydrogens (tertiary/aromatic N) is 1. The summed E-state index contributed by atoms with van der Waals surface area (Å²) in [6.45, 7) is 2.65. The first-order chi connectivity index (χ1) is 8.16. The number of carboxylic acid groups (broad SMARTS) is 1. The Morgan fingerprint density at radius 1 is 1.47 bits per heavy atom. The molecule has 2 heterocycles. The minimum absolute atomic E-state index is 0.0985. The average Bonchev–Trinajstić information content (AvgIpc) is 2.80. The van der Waals surface area contributed by atoms with E-state index in [0.717, 1.165) is 26.1 Å². The summed E-state index contributed by atoms with van der Waals surface area (Å²) in [7, 11) is 0. The van der Waals surface area contributed by atoms with Crippen LogP contribution < -0.4 is 0 Å². The standard InChI is InChI=1S/C12H19NO4/c14-11-2-1-10(12(15)16)7-13(11)5-3-9-4-6-17-8-9/h9-10H,1-8H2,(H,15,16). The van der Waals surface area contributed by atoms with Crippen molar-refractivity contribution in [3.05, 3.63) is 0 Å². The molecule has 5 heteroatoms. The SMILES string of the molecule is O=C(O)C1CCC(=O)N(CCC2CCOC2)C1. The molecule has 96 valence electrons. The molecule has 0 aromatic rings. The molecule has 2 unspecified atom stereocenters. The first-order valence-corrected chi connectivity index (χ1v) is 6.25. The lowest BCUT2D eigenvalue weighted by molar-refractivity contribution is -0.147. The van der Waals surface area contributed by atoms with Gasteiger partial charge in [-0.25, -0.2) is 0 Å². The number of carboxylic acids is 1. The normalized spacial score (nSPS) is 29.6. The number of hydrogen-bond donors (Lipinski definition) is 1. The third-order valence-electron chi connectivity index (χ3n) is 3.68. The van der Waals surface area contributed by atoms with Crippen LogP contribution in [0.25, 0.3) is 0 Å². The molecule has 2 aliphatic rings. The molecule has 2 rings (SSSR count). The molecular formula is C12H19NO4. The number of likely N-dealkylation sites (tertiary alicyclic amines) is 1. The van der Waals surface area contributed by atoms with Crippen molar-refractivity contribution in [1.82, 2.24) is 4.90 Å². The number of aliphatic carboxylic acids is 1. The van der Waals surface area contributed by atoms with E-state index in [1.807, 2.05) is 0 Å². The number of carbonyl (C=O) groups is 2. The number of rotatable bonds is 4. The van der Waals surface area contributed by atoms with Crippen LogP contribution in [0.3, 0.4) is 0 Å². The van der Waals surface area contributed by atoms with Gasteiger partial charge in [0.2, 0.25) is 5.91 Å². The van der Waals surface area contributed by atoms with Gasteiger partial charge in [0, 0.05) is 32.7 Å². The molecule has 0 aromatic heterocycles. The van der Waals surface area contributed by atoms with Gasteiger partial charge >= 0.3 is 5.97 Å². The maximum Gasteiger partial charge on any atom is 0.308 e. The molecule has 0 spiro atoms. The van der Waals surface area contributed by atoms with Crippen LogP contribution in [0.1, 0.15) is 25.7 Å². The minimum Gasteiger partial charge on any atom is -0.481 e. The zero-order valence-corrected chi connectivity index (χ0v) is 9.93. The molecule has 0 saturated carbocycles. The van der Waals surface area contributed by atoms with Gasteiger partial charge in [-0.15, -0.1) is 0 Å². The Labute approximate surface area is 101 Å². The Morgan fingerprint density at radius 3 is 2.94 bits per heavy atom. The van der Waals surface area contributed by atoms with Crippen molar-refractivity contribution < 1.29 is 19.4 Å². The Kier molecular flexibility index (Phi) is 3.99. The van der Waals surface area contributed by atoms with Crippen LogP contribution >= 0.6 is 0 Å². The highest BCUT2D eigenvalue weighted by molar-refractivity contribution is 5.80. The lowest BCUT2D eigenvalue weighted by Crippen LogP contribution is -2.43. The smallest absolute Gasteiger partial charge is 0.308 e. The fraction of sp³-hybridized carbons (Fsp3) is 0.833. The highest BCUT2D eigenvalue weighted by atomic mass is 16.5. The molecule has 1 N–H and O–H groups in total.